The lowest BCUT2D eigenvalue weighted by Crippen LogP contribution is -2.48. The van der Waals surface area contributed by atoms with Gasteiger partial charge in [-0.1, -0.05) is 47.5 Å². The van der Waals surface area contributed by atoms with Gasteiger partial charge in [0.25, 0.3) is 0 Å². The Morgan fingerprint density at radius 3 is 2.38 bits per heavy atom. The van der Waals surface area contributed by atoms with Crippen LogP contribution in [0.4, 0.5) is 0 Å². The van der Waals surface area contributed by atoms with Gasteiger partial charge in [-0.3, -0.25) is 4.90 Å². The van der Waals surface area contributed by atoms with Crippen LogP contribution in [0.2, 0.25) is 0 Å². The number of nitrogens with zero attached hydrogens (tertiary/aromatic N) is 1. The summed E-state index contributed by atoms with van der Waals surface area (Å²) in [6.45, 7) is 15.7. The van der Waals surface area contributed by atoms with Crippen molar-refractivity contribution < 1.29 is 0 Å². The summed E-state index contributed by atoms with van der Waals surface area (Å²) in [4.78, 5) is 2.86. The molecule has 1 N–H and O–H groups in total. The van der Waals surface area contributed by atoms with Gasteiger partial charge < -0.3 is 5.32 Å². The molecule has 0 heterocycles. The van der Waals surface area contributed by atoms with Crippen LogP contribution in [0.3, 0.4) is 0 Å². The highest BCUT2D eigenvalue weighted by Crippen LogP contribution is 2.42. The summed E-state index contributed by atoms with van der Waals surface area (Å²) in [6, 6.07) is 1.58. The Bertz CT molecular complexity index is 305. The summed E-state index contributed by atoms with van der Waals surface area (Å²) < 4.78 is 0. The first-order valence-corrected chi connectivity index (χ1v) is 9.41. The molecule has 21 heavy (non-hydrogen) atoms. The molecule has 0 radical (unpaired) electrons. The molecule has 2 nitrogen and oxygen atoms in total. The topological polar surface area (TPSA) is 15.3 Å². The van der Waals surface area contributed by atoms with E-state index in [4.69, 9.17) is 0 Å². The average Bonchev–Trinajstić information content (AvgIpc) is 3.00. The van der Waals surface area contributed by atoms with Crippen LogP contribution in [0, 0.1) is 17.3 Å². The van der Waals surface area contributed by atoms with E-state index in [1.807, 2.05) is 0 Å². The van der Waals surface area contributed by atoms with Crippen LogP contribution >= 0.6 is 0 Å². The van der Waals surface area contributed by atoms with Crippen LogP contribution in [0.1, 0.15) is 73.1 Å². The van der Waals surface area contributed by atoms with Gasteiger partial charge in [0.05, 0.1) is 0 Å². The summed E-state index contributed by atoms with van der Waals surface area (Å²) in [5.74, 6) is 1.64. The zero-order valence-electron chi connectivity index (χ0n) is 15.1. The Morgan fingerprint density at radius 1 is 1.14 bits per heavy atom. The molecule has 0 aromatic carbocycles. The van der Waals surface area contributed by atoms with E-state index in [9.17, 15) is 0 Å². The minimum Gasteiger partial charge on any atom is -0.313 e. The summed E-state index contributed by atoms with van der Waals surface area (Å²) >= 11 is 0. The predicted molar refractivity (Wildman–Crippen MR) is 92.6 cm³/mol. The van der Waals surface area contributed by atoms with Crippen LogP contribution in [0.15, 0.2) is 0 Å². The second kappa shape index (κ2) is 7.46. The normalized spacial score (nSPS) is 29.9. The minimum atomic E-state index is 0.472. The summed E-state index contributed by atoms with van der Waals surface area (Å²) in [5, 5.41) is 3.81. The third-order valence-electron chi connectivity index (χ3n) is 5.81. The monoisotopic (exact) mass is 294 g/mol. The largest absolute Gasteiger partial charge is 0.313 e. The molecule has 0 saturated heterocycles. The van der Waals surface area contributed by atoms with E-state index in [-0.39, 0.29) is 0 Å². The Hall–Kier alpha value is -0.0800. The van der Waals surface area contributed by atoms with Crippen LogP contribution in [-0.2, 0) is 0 Å². The fourth-order valence-corrected chi connectivity index (χ4v) is 4.79. The predicted octanol–water partition coefficient (Wildman–Crippen LogP) is 4.30. The molecule has 2 aliphatic rings. The molecule has 2 fully saturated rings. The van der Waals surface area contributed by atoms with E-state index in [2.05, 4.69) is 44.8 Å². The maximum Gasteiger partial charge on any atom is 0.0159 e. The lowest BCUT2D eigenvalue weighted by Gasteiger charge is -2.37. The highest BCUT2D eigenvalue weighted by atomic mass is 15.2. The molecule has 0 aromatic heterocycles. The lowest BCUT2D eigenvalue weighted by atomic mass is 9.84. The second-order valence-corrected chi connectivity index (χ2v) is 8.61. The molecule has 0 aliphatic heterocycles. The fraction of sp³-hybridized carbons (Fsp3) is 1.00. The van der Waals surface area contributed by atoms with E-state index < -0.39 is 0 Å². The van der Waals surface area contributed by atoms with Crippen molar-refractivity contribution in [2.45, 2.75) is 85.2 Å². The zero-order valence-corrected chi connectivity index (χ0v) is 15.1. The summed E-state index contributed by atoms with van der Waals surface area (Å²) in [6.07, 6.45) is 8.57. The highest BCUT2D eigenvalue weighted by Gasteiger charge is 2.42. The third kappa shape index (κ3) is 4.45. The lowest BCUT2D eigenvalue weighted by molar-refractivity contribution is 0.130. The van der Waals surface area contributed by atoms with Crippen molar-refractivity contribution in [1.82, 2.24) is 10.2 Å². The average molecular weight is 295 g/mol. The number of hydrogen-bond acceptors (Lipinski definition) is 2. The van der Waals surface area contributed by atoms with Crippen molar-refractivity contribution in [3.63, 3.8) is 0 Å². The molecule has 124 valence electrons. The van der Waals surface area contributed by atoms with Crippen LogP contribution < -0.4 is 5.32 Å². The van der Waals surface area contributed by atoms with Crippen molar-refractivity contribution in [2.24, 2.45) is 17.3 Å². The van der Waals surface area contributed by atoms with Crippen molar-refractivity contribution in [2.75, 3.05) is 19.6 Å². The number of rotatable bonds is 7. The maximum absolute atomic E-state index is 3.81. The Morgan fingerprint density at radius 2 is 1.81 bits per heavy atom. The Balaban J connectivity index is 2.01. The van der Waals surface area contributed by atoms with Gasteiger partial charge in [-0.25, -0.2) is 0 Å². The van der Waals surface area contributed by atoms with E-state index in [0.717, 1.165) is 24.4 Å². The molecule has 2 saturated carbocycles. The number of nitrogens with one attached hydrogen (secondary N) is 1. The quantitative estimate of drug-likeness (QED) is 0.753. The van der Waals surface area contributed by atoms with Gasteiger partial charge in [0.1, 0.15) is 0 Å². The molecule has 0 spiro atoms. The van der Waals surface area contributed by atoms with Crippen LogP contribution in [0.25, 0.3) is 0 Å². The standard InChI is InChI=1S/C19H38N2/c1-6-20-18-16(11-12-19(18,4)5)14-21(13-15(2)3)17-9-7-8-10-17/h15-18,20H,6-14H2,1-5H3. The molecule has 2 rings (SSSR count). The first kappa shape index (κ1) is 17.3. The molecule has 2 aliphatic carbocycles. The van der Waals surface area contributed by atoms with E-state index in [1.165, 1.54) is 51.6 Å². The summed E-state index contributed by atoms with van der Waals surface area (Å²) in [7, 11) is 0. The van der Waals surface area contributed by atoms with Crippen LogP contribution in [-0.4, -0.2) is 36.6 Å². The molecular formula is C19H38N2. The maximum atomic E-state index is 3.81. The summed E-state index contributed by atoms with van der Waals surface area (Å²) in [5.41, 5.74) is 0.472. The minimum absolute atomic E-state index is 0.472. The molecule has 0 aromatic rings. The molecule has 2 unspecified atom stereocenters. The van der Waals surface area contributed by atoms with Crippen molar-refractivity contribution in [3.05, 3.63) is 0 Å². The molecule has 2 heteroatoms. The van der Waals surface area contributed by atoms with Crippen molar-refractivity contribution in [1.29, 1.82) is 0 Å². The van der Waals surface area contributed by atoms with Crippen LogP contribution in [0.5, 0.6) is 0 Å². The third-order valence-corrected chi connectivity index (χ3v) is 5.81. The van der Waals surface area contributed by atoms with Gasteiger partial charge >= 0.3 is 0 Å². The fourth-order valence-electron chi connectivity index (χ4n) is 4.79. The van der Waals surface area contributed by atoms with Crippen molar-refractivity contribution in [3.8, 4) is 0 Å². The van der Waals surface area contributed by atoms with Gasteiger partial charge in [-0.05, 0) is 49.5 Å². The first-order valence-electron chi connectivity index (χ1n) is 9.41. The van der Waals surface area contributed by atoms with Gasteiger partial charge in [0.15, 0.2) is 0 Å². The van der Waals surface area contributed by atoms with Gasteiger partial charge in [0, 0.05) is 25.2 Å². The molecule has 0 amide bonds. The van der Waals surface area contributed by atoms with Crippen molar-refractivity contribution >= 4 is 0 Å². The number of hydrogen-bond donors (Lipinski definition) is 1. The first-order chi connectivity index (χ1) is 9.94. The molecule has 2 atom stereocenters. The zero-order chi connectivity index (χ0) is 15.5. The smallest absolute Gasteiger partial charge is 0.0159 e. The second-order valence-electron chi connectivity index (χ2n) is 8.61. The van der Waals surface area contributed by atoms with Gasteiger partial charge in [-0.15, -0.1) is 0 Å². The van der Waals surface area contributed by atoms with E-state index >= 15 is 0 Å². The van der Waals surface area contributed by atoms with E-state index in [1.54, 1.807) is 0 Å². The van der Waals surface area contributed by atoms with Gasteiger partial charge in [0.2, 0.25) is 0 Å². The molecule has 0 bridgehead atoms. The highest BCUT2D eigenvalue weighted by molar-refractivity contribution is 4.97. The Kier molecular flexibility index (Phi) is 6.14. The van der Waals surface area contributed by atoms with Gasteiger partial charge in [-0.2, -0.15) is 0 Å². The Labute approximate surface area is 133 Å². The SMILES string of the molecule is CCNC1C(CN(CC(C)C)C2CCCC2)CCC1(C)C. The molecular weight excluding hydrogens is 256 g/mol. The van der Waals surface area contributed by atoms with E-state index in [0.29, 0.717) is 11.5 Å².